The number of nitrogens with one attached hydrogen (secondary N) is 1. The van der Waals surface area contributed by atoms with Crippen molar-refractivity contribution in [1.29, 1.82) is 0 Å². The fourth-order valence-electron chi connectivity index (χ4n) is 1.68. The molecule has 100 valence electrons. The van der Waals surface area contributed by atoms with Gasteiger partial charge in [0.15, 0.2) is 0 Å². The Labute approximate surface area is 117 Å². The number of nitrogens with zero attached hydrogens (tertiary/aromatic N) is 4. The molecule has 1 N–H and O–H groups in total. The average molecular weight is 278 g/mol. The summed E-state index contributed by atoms with van der Waals surface area (Å²) in [5, 5.41) is 3.66. The molecular formula is C13H16ClN5. The van der Waals surface area contributed by atoms with Crippen LogP contribution in [0.25, 0.3) is 0 Å². The maximum atomic E-state index is 5.98. The zero-order valence-corrected chi connectivity index (χ0v) is 11.8. The second-order valence-corrected chi connectivity index (χ2v) is 4.58. The second-order valence-electron chi connectivity index (χ2n) is 4.19. The van der Waals surface area contributed by atoms with E-state index in [0.29, 0.717) is 11.7 Å². The average Bonchev–Trinajstić information content (AvgIpc) is 2.36. The molecule has 0 amide bonds. The summed E-state index contributed by atoms with van der Waals surface area (Å²) in [6, 6.07) is 3.59. The molecule has 0 saturated carbocycles. The Hall–Kier alpha value is -1.75. The maximum Gasteiger partial charge on any atom is 0.134 e. The third-order valence-electron chi connectivity index (χ3n) is 2.50. The van der Waals surface area contributed by atoms with Crippen LogP contribution in [0.15, 0.2) is 18.3 Å². The summed E-state index contributed by atoms with van der Waals surface area (Å²) in [7, 11) is 0. The van der Waals surface area contributed by atoms with Gasteiger partial charge in [-0.15, -0.1) is 0 Å². The van der Waals surface area contributed by atoms with E-state index in [0.717, 1.165) is 36.0 Å². The van der Waals surface area contributed by atoms with Crippen LogP contribution >= 0.6 is 11.6 Å². The van der Waals surface area contributed by atoms with Crippen LogP contribution in [-0.2, 0) is 13.0 Å². The summed E-state index contributed by atoms with van der Waals surface area (Å²) in [5.41, 5.74) is 0.916. The Morgan fingerprint density at radius 2 is 2.11 bits per heavy atom. The fraction of sp³-hybridized carbons (Fsp3) is 0.385. The maximum absolute atomic E-state index is 5.98. The second kappa shape index (κ2) is 6.43. The molecule has 6 heteroatoms. The SMILES string of the molecule is CCCc1nc(Cl)cc(NCc2ccnc(C)n2)n1. The predicted octanol–water partition coefficient (Wildman–Crippen LogP) is 2.79. The van der Waals surface area contributed by atoms with E-state index in [1.54, 1.807) is 12.3 Å². The Morgan fingerprint density at radius 3 is 2.84 bits per heavy atom. The van der Waals surface area contributed by atoms with Crippen molar-refractivity contribution in [2.45, 2.75) is 33.2 Å². The van der Waals surface area contributed by atoms with E-state index in [-0.39, 0.29) is 0 Å². The largest absolute Gasteiger partial charge is 0.364 e. The molecule has 19 heavy (non-hydrogen) atoms. The summed E-state index contributed by atoms with van der Waals surface area (Å²) >= 11 is 5.98. The van der Waals surface area contributed by atoms with Crippen LogP contribution in [0.4, 0.5) is 5.82 Å². The highest BCUT2D eigenvalue weighted by Crippen LogP contribution is 2.13. The van der Waals surface area contributed by atoms with Crippen molar-refractivity contribution in [3.63, 3.8) is 0 Å². The standard InChI is InChI=1S/C13H16ClN5/c1-3-4-12-18-11(14)7-13(19-12)16-8-10-5-6-15-9(2)17-10/h5-7H,3-4,8H2,1-2H3,(H,16,18,19). The molecule has 5 nitrogen and oxygen atoms in total. The number of halogens is 1. The first kappa shape index (κ1) is 13.7. The lowest BCUT2D eigenvalue weighted by molar-refractivity contribution is 0.832. The van der Waals surface area contributed by atoms with Crippen LogP contribution < -0.4 is 5.32 Å². The molecule has 0 saturated heterocycles. The van der Waals surface area contributed by atoms with Crippen LogP contribution in [0, 0.1) is 6.92 Å². The molecule has 0 atom stereocenters. The molecule has 2 heterocycles. The molecule has 0 bridgehead atoms. The minimum absolute atomic E-state index is 0.458. The Morgan fingerprint density at radius 1 is 1.26 bits per heavy atom. The summed E-state index contributed by atoms with van der Waals surface area (Å²) in [5.74, 6) is 2.24. The molecular weight excluding hydrogens is 262 g/mol. The summed E-state index contributed by atoms with van der Waals surface area (Å²) in [6.45, 7) is 4.54. The zero-order chi connectivity index (χ0) is 13.7. The van der Waals surface area contributed by atoms with E-state index in [4.69, 9.17) is 11.6 Å². The van der Waals surface area contributed by atoms with Crippen LogP contribution in [-0.4, -0.2) is 19.9 Å². The van der Waals surface area contributed by atoms with Gasteiger partial charge in [0.2, 0.25) is 0 Å². The van der Waals surface area contributed by atoms with Gasteiger partial charge >= 0.3 is 0 Å². The minimum Gasteiger partial charge on any atom is -0.364 e. The normalized spacial score (nSPS) is 10.5. The Kier molecular flexibility index (Phi) is 4.63. The monoisotopic (exact) mass is 277 g/mol. The number of aromatic nitrogens is 4. The van der Waals surface area contributed by atoms with Gasteiger partial charge in [0.25, 0.3) is 0 Å². The van der Waals surface area contributed by atoms with Crippen LogP contribution in [0.1, 0.15) is 30.7 Å². The third kappa shape index (κ3) is 4.13. The molecule has 2 aromatic heterocycles. The van der Waals surface area contributed by atoms with E-state index in [1.807, 2.05) is 13.0 Å². The van der Waals surface area contributed by atoms with Gasteiger partial charge in [-0.2, -0.15) is 0 Å². The number of hydrogen-bond donors (Lipinski definition) is 1. The van der Waals surface area contributed by atoms with Crippen molar-refractivity contribution in [3.05, 3.63) is 40.8 Å². The molecule has 0 unspecified atom stereocenters. The summed E-state index contributed by atoms with van der Waals surface area (Å²) < 4.78 is 0. The topological polar surface area (TPSA) is 63.6 Å². The van der Waals surface area contributed by atoms with Gasteiger partial charge in [0.05, 0.1) is 12.2 Å². The quantitative estimate of drug-likeness (QED) is 0.852. The Bertz CT molecular complexity index is 558. The van der Waals surface area contributed by atoms with Gasteiger partial charge < -0.3 is 5.32 Å². The van der Waals surface area contributed by atoms with E-state index >= 15 is 0 Å². The highest BCUT2D eigenvalue weighted by atomic mass is 35.5. The predicted molar refractivity (Wildman–Crippen MR) is 75.1 cm³/mol. The highest BCUT2D eigenvalue weighted by molar-refractivity contribution is 6.29. The van der Waals surface area contributed by atoms with E-state index < -0.39 is 0 Å². The van der Waals surface area contributed by atoms with Gasteiger partial charge in [-0.3, -0.25) is 0 Å². The van der Waals surface area contributed by atoms with Gasteiger partial charge in [0.1, 0.15) is 22.6 Å². The van der Waals surface area contributed by atoms with Gasteiger partial charge in [-0.05, 0) is 19.4 Å². The highest BCUT2D eigenvalue weighted by Gasteiger charge is 2.03. The molecule has 0 aliphatic heterocycles. The molecule has 0 aromatic carbocycles. The molecule has 0 aliphatic carbocycles. The van der Waals surface area contributed by atoms with Crippen LogP contribution in [0.2, 0.25) is 5.15 Å². The van der Waals surface area contributed by atoms with Crippen LogP contribution in [0.5, 0.6) is 0 Å². The van der Waals surface area contributed by atoms with Crippen molar-refractivity contribution in [1.82, 2.24) is 19.9 Å². The third-order valence-corrected chi connectivity index (χ3v) is 2.69. The lowest BCUT2D eigenvalue weighted by atomic mass is 10.3. The lowest BCUT2D eigenvalue weighted by Crippen LogP contribution is -2.06. The molecule has 0 aliphatic rings. The zero-order valence-electron chi connectivity index (χ0n) is 11.0. The first-order chi connectivity index (χ1) is 9.17. The lowest BCUT2D eigenvalue weighted by Gasteiger charge is -2.07. The number of aryl methyl sites for hydroxylation is 2. The first-order valence-electron chi connectivity index (χ1n) is 6.23. The van der Waals surface area contributed by atoms with Gasteiger partial charge in [-0.1, -0.05) is 18.5 Å². The van der Waals surface area contributed by atoms with Gasteiger partial charge in [0, 0.05) is 18.7 Å². The molecule has 0 spiro atoms. The number of anilines is 1. The first-order valence-corrected chi connectivity index (χ1v) is 6.61. The molecule has 0 fully saturated rings. The van der Waals surface area contributed by atoms with Crippen LogP contribution in [0.3, 0.4) is 0 Å². The number of rotatable bonds is 5. The fourth-order valence-corrected chi connectivity index (χ4v) is 1.88. The van der Waals surface area contributed by atoms with E-state index in [9.17, 15) is 0 Å². The molecule has 2 rings (SSSR count). The van der Waals surface area contributed by atoms with Crippen molar-refractivity contribution in [2.75, 3.05) is 5.32 Å². The molecule has 2 aromatic rings. The van der Waals surface area contributed by atoms with Crippen molar-refractivity contribution in [3.8, 4) is 0 Å². The Balaban J connectivity index is 2.06. The minimum atomic E-state index is 0.458. The van der Waals surface area contributed by atoms with Crippen molar-refractivity contribution in [2.24, 2.45) is 0 Å². The number of hydrogen-bond acceptors (Lipinski definition) is 5. The van der Waals surface area contributed by atoms with E-state index in [2.05, 4.69) is 32.2 Å². The van der Waals surface area contributed by atoms with Gasteiger partial charge in [-0.25, -0.2) is 19.9 Å². The molecule has 0 radical (unpaired) electrons. The smallest absolute Gasteiger partial charge is 0.134 e. The summed E-state index contributed by atoms with van der Waals surface area (Å²) in [4.78, 5) is 17.0. The summed E-state index contributed by atoms with van der Waals surface area (Å²) in [6.07, 6.45) is 3.56. The van der Waals surface area contributed by atoms with Crippen molar-refractivity contribution < 1.29 is 0 Å². The van der Waals surface area contributed by atoms with E-state index in [1.165, 1.54) is 0 Å². The van der Waals surface area contributed by atoms with Crippen molar-refractivity contribution >= 4 is 17.4 Å².